The Morgan fingerprint density at radius 1 is 1.11 bits per heavy atom. The predicted octanol–water partition coefficient (Wildman–Crippen LogP) is 5.36. The number of hydrogen-bond donors (Lipinski definition) is 1. The van der Waals surface area contributed by atoms with Gasteiger partial charge >= 0.3 is 0 Å². The van der Waals surface area contributed by atoms with Crippen molar-refractivity contribution < 1.29 is 24.2 Å². The maximum absolute atomic E-state index is 13.6. The van der Waals surface area contributed by atoms with Gasteiger partial charge in [-0.15, -0.1) is 0 Å². The van der Waals surface area contributed by atoms with Crippen LogP contribution < -0.4 is 4.90 Å². The van der Waals surface area contributed by atoms with E-state index < -0.39 is 0 Å². The molecule has 2 fully saturated rings. The molecule has 3 aliphatic rings. The summed E-state index contributed by atoms with van der Waals surface area (Å²) in [7, 11) is 1.67. The van der Waals surface area contributed by atoms with E-state index in [0.29, 0.717) is 31.1 Å². The van der Waals surface area contributed by atoms with Gasteiger partial charge in [0.15, 0.2) is 0 Å². The van der Waals surface area contributed by atoms with Crippen LogP contribution in [0.1, 0.15) is 42.9 Å². The molecule has 5 rings (SSSR count). The number of amides is 2. The quantitative estimate of drug-likeness (QED) is 0.408. The molecule has 6 nitrogen and oxygen atoms in total. The Labute approximate surface area is 218 Å². The lowest BCUT2D eigenvalue weighted by Gasteiger charge is -2.31. The highest BCUT2D eigenvalue weighted by Gasteiger charge is 2.57. The zero-order valence-corrected chi connectivity index (χ0v) is 22.0. The van der Waals surface area contributed by atoms with Crippen LogP contribution in [0.25, 0.3) is 6.08 Å². The highest BCUT2D eigenvalue weighted by Crippen LogP contribution is 2.50. The van der Waals surface area contributed by atoms with Crippen molar-refractivity contribution in [2.75, 3.05) is 25.2 Å². The summed E-state index contributed by atoms with van der Waals surface area (Å²) in [6, 6.07) is 13.2. The number of fused-ring (bicyclic) bond motifs is 3. The molecule has 0 radical (unpaired) electrons. The first-order valence-electron chi connectivity index (χ1n) is 13.0. The largest absolute Gasteiger partial charge is 0.507 e. The number of phenols is 1. The first-order valence-corrected chi connectivity index (χ1v) is 13.0. The Hall–Kier alpha value is -3.22. The fourth-order valence-electron chi connectivity index (χ4n) is 6.40. The first kappa shape index (κ1) is 25.4. The number of rotatable bonds is 7. The molecule has 2 heterocycles. The van der Waals surface area contributed by atoms with E-state index in [1.165, 1.54) is 16.0 Å². The lowest BCUT2D eigenvalue weighted by molar-refractivity contribution is -0.122. The van der Waals surface area contributed by atoms with Gasteiger partial charge < -0.3 is 14.6 Å². The van der Waals surface area contributed by atoms with Gasteiger partial charge in [0.2, 0.25) is 11.8 Å². The summed E-state index contributed by atoms with van der Waals surface area (Å²) in [6.45, 7) is 6.84. The second-order valence-electron chi connectivity index (χ2n) is 10.6. The number of phenolic OH excluding ortho intramolecular Hbond substituents is 1. The summed E-state index contributed by atoms with van der Waals surface area (Å²) in [4.78, 5) is 28.4. The molecule has 0 unspecified atom stereocenters. The van der Waals surface area contributed by atoms with E-state index in [4.69, 9.17) is 9.47 Å². The number of nitrogens with zero attached hydrogens (tertiary/aromatic N) is 1. The van der Waals surface area contributed by atoms with E-state index in [-0.39, 0.29) is 35.7 Å². The molecule has 0 aromatic heterocycles. The maximum Gasteiger partial charge on any atom is 0.238 e. The third-order valence-corrected chi connectivity index (χ3v) is 8.07. The summed E-state index contributed by atoms with van der Waals surface area (Å²) in [5.41, 5.74) is 6.95. The number of carbonyl (C=O) groups is 2. The Kier molecular flexibility index (Phi) is 7.06. The highest BCUT2D eigenvalue weighted by atomic mass is 16.5. The fraction of sp³-hybridized carbons (Fsp3) is 0.419. The molecule has 0 saturated carbocycles. The number of hydrogen-bond acceptors (Lipinski definition) is 5. The number of allylic oxidation sites excluding steroid dienone is 1. The predicted molar refractivity (Wildman–Crippen MR) is 143 cm³/mol. The van der Waals surface area contributed by atoms with Gasteiger partial charge in [0.25, 0.3) is 0 Å². The summed E-state index contributed by atoms with van der Waals surface area (Å²) >= 11 is 0. The van der Waals surface area contributed by atoms with Crippen LogP contribution in [0.4, 0.5) is 5.69 Å². The zero-order valence-electron chi connectivity index (χ0n) is 22.0. The van der Waals surface area contributed by atoms with Gasteiger partial charge in [0, 0.05) is 13.0 Å². The second-order valence-corrected chi connectivity index (χ2v) is 10.6. The van der Waals surface area contributed by atoms with Crippen molar-refractivity contribution in [1.29, 1.82) is 0 Å². The summed E-state index contributed by atoms with van der Waals surface area (Å²) in [5.74, 6) is -0.719. The van der Waals surface area contributed by atoms with Crippen molar-refractivity contribution >= 4 is 23.6 Å². The van der Waals surface area contributed by atoms with Crippen LogP contribution in [-0.2, 0) is 19.1 Å². The lowest BCUT2D eigenvalue weighted by atomic mass is 9.69. The standard InChI is InChI=1S/C31H35NO5/c1-18(12-21-13-19(2)29(33)20(3)14-21)10-11-26-27-22(16-36-4)15-24-28(25(27)17-37-26)31(35)32(30(24)34)23-8-6-5-7-9-23/h5-9,12-14,24-26,28,33H,10-11,15-17H2,1-4H3/b18-12+/t24-,25+,26-,28-/m1/s1. The highest BCUT2D eigenvalue weighted by molar-refractivity contribution is 6.22. The Bertz CT molecular complexity index is 1250. The van der Waals surface area contributed by atoms with Gasteiger partial charge in [0.1, 0.15) is 5.75 Å². The van der Waals surface area contributed by atoms with Crippen LogP contribution in [0, 0.1) is 31.6 Å². The van der Waals surface area contributed by atoms with Crippen molar-refractivity contribution in [2.45, 2.75) is 46.1 Å². The molecule has 0 bridgehead atoms. The lowest BCUT2D eigenvalue weighted by Crippen LogP contribution is -2.35. The minimum absolute atomic E-state index is 0.0867. The van der Waals surface area contributed by atoms with E-state index >= 15 is 0 Å². The molecule has 6 heteroatoms. The number of aromatic hydroxyl groups is 1. The maximum atomic E-state index is 13.6. The molecule has 0 spiro atoms. The van der Waals surface area contributed by atoms with Crippen LogP contribution in [-0.4, -0.2) is 43.3 Å². The zero-order chi connectivity index (χ0) is 26.3. The summed E-state index contributed by atoms with van der Waals surface area (Å²) in [6.07, 6.45) is 4.26. The number of imide groups is 1. The topological polar surface area (TPSA) is 76.1 Å². The second kappa shape index (κ2) is 10.3. The molecule has 1 aliphatic carbocycles. The molecular formula is C31H35NO5. The molecule has 2 aromatic rings. The molecule has 1 N–H and O–H groups in total. The van der Waals surface area contributed by atoms with Crippen molar-refractivity contribution in [2.24, 2.45) is 17.8 Å². The van der Waals surface area contributed by atoms with Crippen LogP contribution in [0.2, 0.25) is 0 Å². The Morgan fingerprint density at radius 2 is 1.81 bits per heavy atom. The third kappa shape index (κ3) is 4.64. The smallest absolute Gasteiger partial charge is 0.238 e. The van der Waals surface area contributed by atoms with E-state index in [9.17, 15) is 14.7 Å². The van der Waals surface area contributed by atoms with Crippen LogP contribution >= 0.6 is 0 Å². The summed E-state index contributed by atoms with van der Waals surface area (Å²) in [5, 5.41) is 10.1. The number of para-hydroxylation sites is 1. The average Bonchev–Trinajstić information content (AvgIpc) is 3.40. The monoisotopic (exact) mass is 501 g/mol. The number of carbonyl (C=O) groups excluding carboxylic acids is 2. The molecular weight excluding hydrogens is 466 g/mol. The first-order chi connectivity index (χ1) is 17.8. The summed E-state index contributed by atoms with van der Waals surface area (Å²) < 4.78 is 11.8. The van der Waals surface area contributed by atoms with E-state index in [1.54, 1.807) is 7.11 Å². The molecule has 194 valence electrons. The van der Waals surface area contributed by atoms with Gasteiger partial charge in [-0.3, -0.25) is 14.5 Å². The molecule has 37 heavy (non-hydrogen) atoms. The van der Waals surface area contributed by atoms with E-state index in [2.05, 4.69) is 13.0 Å². The van der Waals surface area contributed by atoms with Crippen LogP contribution in [0.3, 0.4) is 0 Å². The molecule has 2 amide bonds. The number of methoxy groups -OCH3 is 1. The van der Waals surface area contributed by atoms with Gasteiger partial charge in [-0.05, 0) is 92.1 Å². The number of aryl methyl sites for hydroxylation is 2. The molecule has 4 atom stereocenters. The van der Waals surface area contributed by atoms with Crippen molar-refractivity contribution in [3.05, 3.63) is 75.9 Å². The Balaban J connectivity index is 1.36. The fourth-order valence-corrected chi connectivity index (χ4v) is 6.40. The number of benzene rings is 2. The van der Waals surface area contributed by atoms with Crippen molar-refractivity contribution in [3.63, 3.8) is 0 Å². The van der Waals surface area contributed by atoms with E-state index in [1.807, 2.05) is 56.3 Å². The molecule has 2 aromatic carbocycles. The van der Waals surface area contributed by atoms with Gasteiger partial charge in [-0.1, -0.05) is 29.8 Å². The third-order valence-electron chi connectivity index (χ3n) is 8.07. The number of ether oxygens (including phenoxy) is 2. The van der Waals surface area contributed by atoms with Gasteiger partial charge in [-0.25, -0.2) is 0 Å². The average molecular weight is 502 g/mol. The minimum atomic E-state index is -0.382. The molecule has 2 aliphatic heterocycles. The number of anilines is 1. The molecule has 2 saturated heterocycles. The van der Waals surface area contributed by atoms with Crippen molar-refractivity contribution in [1.82, 2.24) is 0 Å². The minimum Gasteiger partial charge on any atom is -0.507 e. The normalized spacial score (nSPS) is 25.6. The Morgan fingerprint density at radius 3 is 2.49 bits per heavy atom. The van der Waals surface area contributed by atoms with Crippen LogP contribution in [0.15, 0.2) is 59.2 Å². The van der Waals surface area contributed by atoms with Crippen LogP contribution in [0.5, 0.6) is 5.75 Å². The SMILES string of the molecule is COCC1=C2[C@@H](CC/C(C)=C/c3cc(C)c(O)c(C)c3)OC[C@@H]2[C@@H]2C(=O)N(c3ccccc3)C(=O)[C@@H]2C1. The van der Waals surface area contributed by atoms with Gasteiger partial charge in [0.05, 0.1) is 36.8 Å². The van der Waals surface area contributed by atoms with E-state index in [0.717, 1.165) is 35.1 Å². The van der Waals surface area contributed by atoms with Crippen molar-refractivity contribution in [3.8, 4) is 5.75 Å². The van der Waals surface area contributed by atoms with Gasteiger partial charge in [-0.2, -0.15) is 0 Å².